The first-order valence-corrected chi connectivity index (χ1v) is 6.88. The van der Waals surface area contributed by atoms with Gasteiger partial charge in [-0.25, -0.2) is 0 Å². The molecule has 0 aliphatic heterocycles. The van der Waals surface area contributed by atoms with Crippen LogP contribution in [-0.2, 0) is 0 Å². The van der Waals surface area contributed by atoms with E-state index in [0.717, 1.165) is 5.75 Å². The fourth-order valence-electron chi connectivity index (χ4n) is 1.97. The maximum atomic E-state index is 5.24. The van der Waals surface area contributed by atoms with Gasteiger partial charge in [0.2, 0.25) is 0 Å². The second-order valence-corrected chi connectivity index (χ2v) is 5.41. The highest BCUT2D eigenvalue weighted by molar-refractivity contribution is 9.09. The Morgan fingerprint density at radius 1 is 1.00 bits per heavy atom. The average molecular weight is 305 g/mol. The first-order chi connectivity index (χ1) is 8.61. The SMILES string of the molecule is COc1ccc(C(Br)c2ccc(C)cc2)c(C)c1. The molecular formula is C16H17BrO. The van der Waals surface area contributed by atoms with Gasteiger partial charge >= 0.3 is 0 Å². The summed E-state index contributed by atoms with van der Waals surface area (Å²) in [5, 5.41) is 0. The van der Waals surface area contributed by atoms with Gasteiger partial charge in [0.05, 0.1) is 11.9 Å². The van der Waals surface area contributed by atoms with Crippen LogP contribution in [0.15, 0.2) is 42.5 Å². The van der Waals surface area contributed by atoms with Crippen LogP contribution < -0.4 is 4.74 Å². The fourth-order valence-corrected chi connectivity index (χ4v) is 2.79. The van der Waals surface area contributed by atoms with Crippen LogP contribution in [0, 0.1) is 13.8 Å². The molecule has 0 spiro atoms. The fraction of sp³-hybridized carbons (Fsp3) is 0.250. The Labute approximate surface area is 117 Å². The summed E-state index contributed by atoms with van der Waals surface area (Å²) in [5.41, 5.74) is 5.07. The van der Waals surface area contributed by atoms with E-state index in [1.165, 1.54) is 22.3 Å². The van der Waals surface area contributed by atoms with Crippen LogP contribution in [0.2, 0.25) is 0 Å². The lowest BCUT2D eigenvalue weighted by atomic mass is 9.99. The first-order valence-electron chi connectivity index (χ1n) is 5.97. The van der Waals surface area contributed by atoms with Crippen molar-refractivity contribution in [3.8, 4) is 5.75 Å². The Kier molecular flexibility index (Phi) is 4.07. The van der Waals surface area contributed by atoms with Crippen molar-refractivity contribution in [3.05, 3.63) is 64.7 Å². The van der Waals surface area contributed by atoms with Gasteiger partial charge in [-0.05, 0) is 42.7 Å². The summed E-state index contributed by atoms with van der Waals surface area (Å²) < 4.78 is 5.24. The molecule has 94 valence electrons. The lowest BCUT2D eigenvalue weighted by Gasteiger charge is -2.14. The van der Waals surface area contributed by atoms with Gasteiger partial charge in [-0.1, -0.05) is 51.8 Å². The van der Waals surface area contributed by atoms with Gasteiger partial charge in [0.25, 0.3) is 0 Å². The van der Waals surface area contributed by atoms with Crippen molar-refractivity contribution in [1.82, 2.24) is 0 Å². The van der Waals surface area contributed by atoms with Crippen LogP contribution in [0.25, 0.3) is 0 Å². The molecule has 0 radical (unpaired) electrons. The summed E-state index contributed by atoms with van der Waals surface area (Å²) in [7, 11) is 1.69. The standard InChI is InChI=1S/C16H17BrO/c1-11-4-6-13(7-5-11)16(17)15-9-8-14(18-3)10-12(15)2/h4-10,16H,1-3H3. The third kappa shape index (κ3) is 2.75. The molecule has 0 saturated heterocycles. The molecule has 0 aromatic heterocycles. The zero-order valence-electron chi connectivity index (χ0n) is 10.9. The van der Waals surface area contributed by atoms with E-state index in [-0.39, 0.29) is 4.83 Å². The lowest BCUT2D eigenvalue weighted by Crippen LogP contribution is -1.96. The number of methoxy groups -OCH3 is 1. The number of aryl methyl sites for hydroxylation is 2. The van der Waals surface area contributed by atoms with Crippen molar-refractivity contribution < 1.29 is 4.74 Å². The average Bonchev–Trinajstić information content (AvgIpc) is 2.38. The minimum absolute atomic E-state index is 0.226. The van der Waals surface area contributed by atoms with Crippen molar-refractivity contribution in [2.24, 2.45) is 0 Å². The predicted molar refractivity (Wildman–Crippen MR) is 79.7 cm³/mol. The minimum Gasteiger partial charge on any atom is -0.497 e. The van der Waals surface area contributed by atoms with Crippen LogP contribution in [0.3, 0.4) is 0 Å². The summed E-state index contributed by atoms with van der Waals surface area (Å²) in [6.07, 6.45) is 0. The Morgan fingerprint density at radius 2 is 1.67 bits per heavy atom. The minimum atomic E-state index is 0.226. The highest BCUT2D eigenvalue weighted by Crippen LogP contribution is 2.34. The molecule has 0 heterocycles. The van der Waals surface area contributed by atoms with E-state index >= 15 is 0 Å². The number of hydrogen-bond acceptors (Lipinski definition) is 1. The molecule has 18 heavy (non-hydrogen) atoms. The first kappa shape index (κ1) is 13.2. The molecule has 0 aliphatic carbocycles. The van der Waals surface area contributed by atoms with E-state index in [4.69, 9.17) is 4.74 Å². The van der Waals surface area contributed by atoms with Gasteiger partial charge in [-0.3, -0.25) is 0 Å². The van der Waals surface area contributed by atoms with Crippen molar-refractivity contribution >= 4 is 15.9 Å². The Hall–Kier alpha value is -1.28. The van der Waals surface area contributed by atoms with Gasteiger partial charge in [-0.2, -0.15) is 0 Å². The maximum Gasteiger partial charge on any atom is 0.119 e. The molecule has 2 heteroatoms. The number of hydrogen-bond donors (Lipinski definition) is 0. The van der Waals surface area contributed by atoms with Gasteiger partial charge in [0, 0.05) is 0 Å². The van der Waals surface area contributed by atoms with Crippen molar-refractivity contribution in [3.63, 3.8) is 0 Å². The summed E-state index contributed by atoms with van der Waals surface area (Å²) in [6, 6.07) is 14.8. The second kappa shape index (κ2) is 5.57. The van der Waals surface area contributed by atoms with Crippen LogP contribution in [0.5, 0.6) is 5.75 Å². The smallest absolute Gasteiger partial charge is 0.119 e. The molecule has 0 bridgehead atoms. The summed E-state index contributed by atoms with van der Waals surface area (Å²) in [5.74, 6) is 0.903. The number of benzene rings is 2. The Balaban J connectivity index is 2.33. The van der Waals surface area contributed by atoms with E-state index in [1.807, 2.05) is 6.07 Å². The summed E-state index contributed by atoms with van der Waals surface area (Å²) >= 11 is 3.78. The van der Waals surface area contributed by atoms with Gasteiger partial charge in [0.1, 0.15) is 5.75 Å². The van der Waals surface area contributed by atoms with Crippen molar-refractivity contribution in [1.29, 1.82) is 0 Å². The van der Waals surface area contributed by atoms with Crippen molar-refractivity contribution in [2.45, 2.75) is 18.7 Å². The summed E-state index contributed by atoms with van der Waals surface area (Å²) in [6.45, 7) is 4.21. The summed E-state index contributed by atoms with van der Waals surface area (Å²) in [4.78, 5) is 0.226. The van der Waals surface area contributed by atoms with Crippen LogP contribution >= 0.6 is 15.9 Å². The van der Waals surface area contributed by atoms with E-state index < -0.39 is 0 Å². The molecule has 0 fully saturated rings. The monoisotopic (exact) mass is 304 g/mol. The number of halogens is 1. The molecule has 0 N–H and O–H groups in total. The van der Waals surface area contributed by atoms with E-state index in [9.17, 15) is 0 Å². The third-order valence-corrected chi connectivity index (χ3v) is 4.14. The highest BCUT2D eigenvalue weighted by atomic mass is 79.9. The molecular weight excluding hydrogens is 288 g/mol. The molecule has 0 amide bonds. The van der Waals surface area contributed by atoms with Gasteiger partial charge in [-0.15, -0.1) is 0 Å². The molecule has 0 saturated carbocycles. The quantitative estimate of drug-likeness (QED) is 0.740. The molecule has 0 aliphatic rings. The molecule has 2 rings (SSSR count). The lowest BCUT2D eigenvalue weighted by molar-refractivity contribution is 0.414. The topological polar surface area (TPSA) is 9.23 Å². The maximum absolute atomic E-state index is 5.24. The molecule has 1 nitrogen and oxygen atoms in total. The predicted octanol–water partition coefficient (Wildman–Crippen LogP) is 4.80. The zero-order valence-corrected chi connectivity index (χ0v) is 12.5. The van der Waals surface area contributed by atoms with E-state index in [2.05, 4.69) is 66.2 Å². The van der Waals surface area contributed by atoms with Crippen LogP contribution in [0.4, 0.5) is 0 Å². The Bertz CT molecular complexity index is 531. The molecule has 2 aromatic rings. The highest BCUT2D eigenvalue weighted by Gasteiger charge is 2.12. The van der Waals surface area contributed by atoms with Crippen LogP contribution in [0.1, 0.15) is 27.1 Å². The molecule has 1 unspecified atom stereocenters. The van der Waals surface area contributed by atoms with Crippen molar-refractivity contribution in [2.75, 3.05) is 7.11 Å². The van der Waals surface area contributed by atoms with Gasteiger partial charge < -0.3 is 4.74 Å². The van der Waals surface area contributed by atoms with Crippen LogP contribution in [-0.4, -0.2) is 7.11 Å². The molecule has 2 aromatic carbocycles. The van der Waals surface area contributed by atoms with Gasteiger partial charge in [0.15, 0.2) is 0 Å². The number of alkyl halides is 1. The van der Waals surface area contributed by atoms with E-state index in [1.54, 1.807) is 7.11 Å². The Morgan fingerprint density at radius 3 is 2.22 bits per heavy atom. The molecule has 1 atom stereocenters. The normalized spacial score (nSPS) is 12.2. The number of rotatable bonds is 3. The second-order valence-electron chi connectivity index (χ2n) is 4.50. The number of ether oxygens (including phenoxy) is 1. The largest absolute Gasteiger partial charge is 0.497 e. The van der Waals surface area contributed by atoms with E-state index in [0.29, 0.717) is 0 Å². The third-order valence-electron chi connectivity index (χ3n) is 3.12. The zero-order chi connectivity index (χ0) is 13.1.